The van der Waals surface area contributed by atoms with E-state index >= 15 is 0 Å². The Hall–Kier alpha value is -4.64. The van der Waals surface area contributed by atoms with Crippen LogP contribution >= 0.6 is 0 Å². The fourth-order valence-corrected chi connectivity index (χ4v) is 4.40. The standard InChI is InChI=1S/C28H23N3O5/c29-15-19-5-4-6-20(13-19)16-34-27(32)25-22(11-9-18-10-12-23-24(14-18)36-17-35-23)30-28(33)31-26(25)21-7-2-1-3-8-21/h1-8,10,12-14,25-26H,9,11,16-17H2,(H,31,33). The van der Waals surface area contributed by atoms with Crippen LogP contribution in [0, 0.1) is 17.2 Å². The highest BCUT2D eigenvalue weighted by molar-refractivity contribution is 6.09. The van der Waals surface area contributed by atoms with Gasteiger partial charge in [-0.2, -0.15) is 5.26 Å². The molecular formula is C28H23N3O5. The van der Waals surface area contributed by atoms with E-state index in [-0.39, 0.29) is 13.4 Å². The maximum Gasteiger partial charge on any atom is 0.341 e. The number of hydrogen-bond acceptors (Lipinski definition) is 6. The largest absolute Gasteiger partial charge is 0.460 e. The first-order valence-corrected chi connectivity index (χ1v) is 11.6. The fourth-order valence-electron chi connectivity index (χ4n) is 4.40. The highest BCUT2D eigenvalue weighted by atomic mass is 16.7. The molecule has 2 aliphatic heterocycles. The second kappa shape index (κ2) is 10.3. The summed E-state index contributed by atoms with van der Waals surface area (Å²) in [4.78, 5) is 30.2. The van der Waals surface area contributed by atoms with E-state index in [0.717, 1.165) is 11.1 Å². The van der Waals surface area contributed by atoms with Gasteiger partial charge in [0, 0.05) is 5.71 Å². The van der Waals surface area contributed by atoms with Crippen molar-refractivity contribution in [3.05, 3.63) is 95.1 Å². The van der Waals surface area contributed by atoms with E-state index in [1.807, 2.05) is 48.5 Å². The minimum Gasteiger partial charge on any atom is -0.460 e. The molecule has 0 aromatic heterocycles. The van der Waals surface area contributed by atoms with Crippen LogP contribution in [0.3, 0.4) is 0 Å². The lowest BCUT2D eigenvalue weighted by molar-refractivity contribution is -0.148. The van der Waals surface area contributed by atoms with Gasteiger partial charge in [-0.25, -0.2) is 9.79 Å². The van der Waals surface area contributed by atoms with Crippen molar-refractivity contribution < 1.29 is 23.8 Å². The Kier molecular flexibility index (Phi) is 6.63. The Bertz CT molecular complexity index is 1360. The van der Waals surface area contributed by atoms with Gasteiger partial charge in [0.2, 0.25) is 6.79 Å². The van der Waals surface area contributed by atoms with Crippen molar-refractivity contribution in [1.82, 2.24) is 5.32 Å². The molecule has 2 atom stereocenters. The monoisotopic (exact) mass is 481 g/mol. The van der Waals surface area contributed by atoms with Gasteiger partial charge in [-0.1, -0.05) is 48.5 Å². The van der Waals surface area contributed by atoms with E-state index in [1.54, 1.807) is 24.3 Å². The van der Waals surface area contributed by atoms with Crippen LogP contribution in [-0.4, -0.2) is 24.5 Å². The molecule has 0 spiro atoms. The molecular weight excluding hydrogens is 458 g/mol. The Labute approximate surface area is 208 Å². The third-order valence-corrected chi connectivity index (χ3v) is 6.17. The lowest BCUT2D eigenvalue weighted by Gasteiger charge is -2.31. The minimum atomic E-state index is -0.793. The average molecular weight is 482 g/mol. The number of hydrogen-bond donors (Lipinski definition) is 1. The molecule has 1 N–H and O–H groups in total. The number of benzene rings is 3. The Morgan fingerprint density at radius 1 is 1.00 bits per heavy atom. The van der Waals surface area contributed by atoms with Gasteiger partial charge in [0.15, 0.2) is 11.5 Å². The van der Waals surface area contributed by atoms with Crippen LogP contribution in [-0.2, 0) is 22.6 Å². The maximum absolute atomic E-state index is 13.4. The van der Waals surface area contributed by atoms with Crippen LogP contribution in [0.5, 0.6) is 11.5 Å². The molecule has 0 saturated carbocycles. The van der Waals surface area contributed by atoms with Gasteiger partial charge in [0.1, 0.15) is 12.5 Å². The molecule has 3 aromatic rings. The number of aliphatic imine (C=N–C) groups is 1. The van der Waals surface area contributed by atoms with Gasteiger partial charge in [-0.3, -0.25) is 4.79 Å². The lowest BCUT2D eigenvalue weighted by atomic mass is 9.85. The smallest absolute Gasteiger partial charge is 0.341 e. The number of nitrogens with zero attached hydrogens (tertiary/aromatic N) is 2. The van der Waals surface area contributed by atoms with E-state index in [1.165, 1.54) is 0 Å². The molecule has 0 fully saturated rings. The molecule has 0 aliphatic carbocycles. The molecule has 0 bridgehead atoms. The van der Waals surface area contributed by atoms with Crippen LogP contribution < -0.4 is 14.8 Å². The molecule has 8 heteroatoms. The molecule has 36 heavy (non-hydrogen) atoms. The average Bonchev–Trinajstić information content (AvgIpc) is 3.39. The number of fused-ring (bicyclic) bond motifs is 1. The lowest BCUT2D eigenvalue weighted by Crippen LogP contribution is -2.45. The van der Waals surface area contributed by atoms with E-state index in [2.05, 4.69) is 16.4 Å². The molecule has 3 aromatic carbocycles. The minimum absolute atomic E-state index is 0.00967. The first-order chi connectivity index (χ1) is 17.6. The molecule has 0 saturated heterocycles. The predicted molar refractivity (Wildman–Crippen MR) is 130 cm³/mol. The van der Waals surface area contributed by atoms with Gasteiger partial charge in [0.25, 0.3) is 0 Å². The number of ether oxygens (including phenoxy) is 3. The third kappa shape index (κ3) is 5.05. The zero-order valence-corrected chi connectivity index (χ0v) is 19.3. The number of nitriles is 1. The van der Waals surface area contributed by atoms with Crippen LogP contribution in [0.15, 0.2) is 77.8 Å². The quantitative estimate of drug-likeness (QED) is 0.498. The summed E-state index contributed by atoms with van der Waals surface area (Å²) in [6, 6.07) is 22.9. The second-order valence-electron chi connectivity index (χ2n) is 8.53. The summed E-state index contributed by atoms with van der Waals surface area (Å²) in [5, 5.41) is 12.0. The van der Waals surface area contributed by atoms with Crippen molar-refractivity contribution >= 4 is 17.7 Å². The fraction of sp³-hybridized carbons (Fsp3) is 0.214. The number of nitrogens with one attached hydrogen (secondary N) is 1. The third-order valence-electron chi connectivity index (χ3n) is 6.17. The molecule has 2 heterocycles. The highest BCUT2D eigenvalue weighted by Gasteiger charge is 2.39. The summed E-state index contributed by atoms with van der Waals surface area (Å²) in [6.07, 6.45) is 0.943. The number of aryl methyl sites for hydroxylation is 1. The van der Waals surface area contributed by atoms with E-state index in [0.29, 0.717) is 41.2 Å². The summed E-state index contributed by atoms with van der Waals surface area (Å²) in [7, 11) is 0. The van der Waals surface area contributed by atoms with Gasteiger partial charge in [-0.15, -0.1) is 0 Å². The van der Waals surface area contributed by atoms with Crippen LogP contribution in [0.1, 0.15) is 34.7 Å². The first-order valence-electron chi connectivity index (χ1n) is 11.6. The van der Waals surface area contributed by atoms with Crippen LogP contribution in [0.4, 0.5) is 4.79 Å². The Morgan fingerprint density at radius 2 is 1.83 bits per heavy atom. The number of carbonyl (C=O) groups excluding carboxylic acids is 2. The number of esters is 1. The number of urea groups is 1. The highest BCUT2D eigenvalue weighted by Crippen LogP contribution is 2.34. The van der Waals surface area contributed by atoms with Crippen molar-refractivity contribution in [1.29, 1.82) is 5.26 Å². The summed E-state index contributed by atoms with van der Waals surface area (Å²) in [6.45, 7) is 0.200. The summed E-state index contributed by atoms with van der Waals surface area (Å²) in [5.74, 6) is 0.0849. The van der Waals surface area contributed by atoms with Gasteiger partial charge in [0.05, 0.1) is 17.7 Å². The summed E-state index contributed by atoms with van der Waals surface area (Å²) < 4.78 is 16.5. The van der Waals surface area contributed by atoms with Gasteiger partial charge < -0.3 is 19.5 Å². The van der Waals surface area contributed by atoms with Crippen LogP contribution in [0.2, 0.25) is 0 Å². The van der Waals surface area contributed by atoms with Crippen molar-refractivity contribution in [2.75, 3.05) is 6.79 Å². The van der Waals surface area contributed by atoms with Gasteiger partial charge >= 0.3 is 12.0 Å². The zero-order chi connectivity index (χ0) is 24.9. The van der Waals surface area contributed by atoms with E-state index in [9.17, 15) is 9.59 Å². The van der Waals surface area contributed by atoms with Crippen molar-refractivity contribution in [2.24, 2.45) is 10.9 Å². The van der Waals surface area contributed by atoms with E-state index in [4.69, 9.17) is 19.5 Å². The number of rotatable bonds is 7. The summed E-state index contributed by atoms with van der Waals surface area (Å²) in [5.41, 5.74) is 3.42. The Morgan fingerprint density at radius 3 is 2.67 bits per heavy atom. The predicted octanol–water partition coefficient (Wildman–Crippen LogP) is 4.48. The van der Waals surface area contributed by atoms with E-state index < -0.39 is 24.0 Å². The summed E-state index contributed by atoms with van der Waals surface area (Å²) >= 11 is 0. The topological polar surface area (TPSA) is 110 Å². The molecule has 2 unspecified atom stereocenters. The second-order valence-corrected chi connectivity index (χ2v) is 8.53. The number of amides is 2. The normalized spacial score (nSPS) is 18.1. The van der Waals surface area contributed by atoms with Crippen LogP contribution in [0.25, 0.3) is 0 Å². The van der Waals surface area contributed by atoms with Crippen molar-refractivity contribution in [3.8, 4) is 17.6 Å². The molecule has 2 aliphatic rings. The molecule has 180 valence electrons. The first kappa shape index (κ1) is 23.1. The zero-order valence-electron chi connectivity index (χ0n) is 19.3. The van der Waals surface area contributed by atoms with Crippen molar-refractivity contribution in [3.63, 3.8) is 0 Å². The van der Waals surface area contributed by atoms with Crippen molar-refractivity contribution in [2.45, 2.75) is 25.5 Å². The maximum atomic E-state index is 13.4. The molecule has 0 radical (unpaired) electrons. The Balaban J connectivity index is 1.38. The molecule has 2 amide bonds. The molecule has 5 rings (SSSR count). The molecule has 8 nitrogen and oxygen atoms in total. The number of carbonyl (C=O) groups is 2. The SMILES string of the molecule is N#Cc1cccc(COC(=O)C2C(CCc3ccc4c(c3)OCO4)=NC(=O)NC2c2ccccc2)c1. The van der Waals surface area contributed by atoms with Gasteiger partial charge in [-0.05, 0) is 53.8 Å².